The number of aliphatic hydroxyl groups is 1. The SMILES string of the molecule is CC1=C2CCC[C@H](O)[C@@]2(C)C/C(=C/c2ccc(C#Cc3ccc(Cl)cc3)cc2)C1=O. The lowest BCUT2D eigenvalue weighted by Crippen LogP contribution is -2.42. The number of fused-ring (bicyclic) bond motifs is 1. The summed E-state index contributed by atoms with van der Waals surface area (Å²) < 4.78 is 0. The van der Waals surface area contributed by atoms with E-state index in [1.807, 2.05) is 61.5 Å². The van der Waals surface area contributed by atoms with Crippen LogP contribution < -0.4 is 0 Å². The van der Waals surface area contributed by atoms with Gasteiger partial charge in [-0.15, -0.1) is 0 Å². The molecule has 0 heterocycles. The Morgan fingerprint density at radius 2 is 1.67 bits per heavy atom. The summed E-state index contributed by atoms with van der Waals surface area (Å²) in [7, 11) is 0. The highest BCUT2D eigenvalue weighted by Crippen LogP contribution is 2.50. The van der Waals surface area contributed by atoms with Gasteiger partial charge in [0, 0.05) is 27.1 Å². The van der Waals surface area contributed by atoms with E-state index in [9.17, 15) is 9.90 Å². The van der Waals surface area contributed by atoms with E-state index in [0.29, 0.717) is 11.4 Å². The molecule has 1 N–H and O–H groups in total. The van der Waals surface area contributed by atoms with Crippen LogP contribution >= 0.6 is 11.6 Å². The fourth-order valence-corrected chi connectivity index (χ4v) is 4.76. The maximum Gasteiger partial charge on any atom is 0.184 e. The normalized spacial score (nSPS) is 25.0. The minimum atomic E-state index is -0.391. The molecule has 0 spiro atoms. The van der Waals surface area contributed by atoms with Crippen molar-refractivity contribution in [3.8, 4) is 11.8 Å². The second kappa shape index (κ2) is 8.26. The van der Waals surface area contributed by atoms with Crippen LogP contribution in [-0.2, 0) is 4.79 Å². The smallest absolute Gasteiger partial charge is 0.184 e. The zero-order valence-electron chi connectivity index (χ0n) is 17.3. The number of hydrogen-bond donors (Lipinski definition) is 1. The van der Waals surface area contributed by atoms with Crippen LogP contribution in [0, 0.1) is 17.3 Å². The fourth-order valence-electron chi connectivity index (χ4n) is 4.63. The summed E-state index contributed by atoms with van der Waals surface area (Å²) in [4.78, 5) is 12.9. The molecule has 2 nitrogen and oxygen atoms in total. The van der Waals surface area contributed by atoms with E-state index in [1.54, 1.807) is 0 Å². The van der Waals surface area contributed by atoms with Gasteiger partial charge in [0.1, 0.15) is 0 Å². The van der Waals surface area contributed by atoms with Crippen molar-refractivity contribution >= 4 is 23.5 Å². The van der Waals surface area contributed by atoms with Gasteiger partial charge in [0.25, 0.3) is 0 Å². The Bertz CT molecular complexity index is 1090. The van der Waals surface area contributed by atoms with Crippen LogP contribution in [0.3, 0.4) is 0 Å². The zero-order chi connectivity index (χ0) is 21.3. The maximum absolute atomic E-state index is 12.9. The largest absolute Gasteiger partial charge is 0.392 e. The summed E-state index contributed by atoms with van der Waals surface area (Å²) in [5, 5.41) is 11.4. The molecule has 2 aliphatic carbocycles. The molecule has 0 unspecified atom stereocenters. The number of aliphatic hydroxyl groups excluding tert-OH is 1. The van der Waals surface area contributed by atoms with Gasteiger partial charge in [0.05, 0.1) is 6.10 Å². The molecule has 0 aliphatic heterocycles. The third kappa shape index (κ3) is 4.01. The van der Waals surface area contributed by atoms with Crippen LogP contribution in [0.4, 0.5) is 0 Å². The number of rotatable bonds is 1. The molecule has 0 bridgehead atoms. The van der Waals surface area contributed by atoms with E-state index in [0.717, 1.165) is 52.7 Å². The maximum atomic E-state index is 12.9. The summed E-state index contributed by atoms with van der Waals surface area (Å²) >= 11 is 5.91. The molecule has 0 saturated heterocycles. The van der Waals surface area contributed by atoms with Crippen molar-refractivity contribution in [3.05, 3.63) is 87.0 Å². The van der Waals surface area contributed by atoms with Crippen LogP contribution in [0.5, 0.6) is 0 Å². The Morgan fingerprint density at radius 3 is 2.30 bits per heavy atom. The van der Waals surface area contributed by atoms with Crippen molar-refractivity contribution in [2.75, 3.05) is 0 Å². The number of allylic oxidation sites excluding steroid dienone is 2. The summed E-state index contributed by atoms with van der Waals surface area (Å²) in [6.07, 6.45) is 4.84. The molecule has 152 valence electrons. The quantitative estimate of drug-likeness (QED) is 0.459. The van der Waals surface area contributed by atoms with E-state index >= 15 is 0 Å². The molecule has 2 aliphatic rings. The lowest BCUT2D eigenvalue weighted by molar-refractivity contribution is -0.113. The predicted molar refractivity (Wildman–Crippen MR) is 122 cm³/mol. The van der Waals surface area contributed by atoms with Gasteiger partial charge in [-0.25, -0.2) is 0 Å². The molecule has 3 heteroatoms. The van der Waals surface area contributed by atoms with Crippen LogP contribution in [0.25, 0.3) is 6.08 Å². The monoisotopic (exact) mass is 416 g/mol. The molecule has 30 heavy (non-hydrogen) atoms. The second-order valence-electron chi connectivity index (χ2n) is 8.48. The first-order chi connectivity index (χ1) is 14.4. The third-order valence-corrected chi connectivity index (χ3v) is 6.67. The van der Waals surface area contributed by atoms with Crippen molar-refractivity contribution in [1.82, 2.24) is 0 Å². The average molecular weight is 417 g/mol. The minimum absolute atomic E-state index is 0.114. The zero-order valence-corrected chi connectivity index (χ0v) is 18.1. The van der Waals surface area contributed by atoms with Gasteiger partial charge >= 0.3 is 0 Å². The molecule has 0 amide bonds. The van der Waals surface area contributed by atoms with Gasteiger partial charge in [-0.2, -0.15) is 0 Å². The van der Waals surface area contributed by atoms with Crippen molar-refractivity contribution in [1.29, 1.82) is 0 Å². The lowest BCUT2D eigenvalue weighted by Gasteiger charge is -2.45. The van der Waals surface area contributed by atoms with E-state index in [-0.39, 0.29) is 11.2 Å². The Hall–Kier alpha value is -2.60. The number of halogens is 1. The van der Waals surface area contributed by atoms with Gasteiger partial charge < -0.3 is 5.11 Å². The van der Waals surface area contributed by atoms with Gasteiger partial charge in [-0.05, 0) is 86.2 Å². The van der Waals surface area contributed by atoms with E-state index < -0.39 is 6.10 Å². The van der Waals surface area contributed by atoms with Crippen LogP contribution in [0.2, 0.25) is 5.02 Å². The van der Waals surface area contributed by atoms with Gasteiger partial charge in [-0.1, -0.05) is 48.1 Å². The number of Topliss-reactive ketones (excluding diaryl/α,β-unsaturated/α-hetero) is 1. The van der Waals surface area contributed by atoms with Crippen molar-refractivity contribution in [2.24, 2.45) is 5.41 Å². The molecule has 0 aromatic heterocycles. The average Bonchev–Trinajstić information content (AvgIpc) is 2.74. The highest BCUT2D eigenvalue weighted by molar-refractivity contribution is 6.30. The van der Waals surface area contributed by atoms with E-state index in [4.69, 9.17) is 11.6 Å². The van der Waals surface area contributed by atoms with Crippen LogP contribution in [0.1, 0.15) is 56.2 Å². The third-order valence-electron chi connectivity index (χ3n) is 6.42. The Morgan fingerprint density at radius 1 is 1.07 bits per heavy atom. The highest BCUT2D eigenvalue weighted by atomic mass is 35.5. The lowest BCUT2D eigenvalue weighted by atomic mass is 9.61. The molecule has 1 saturated carbocycles. The standard InChI is InChI=1S/C27H25ClO2/c1-18-24-4-3-5-25(29)27(24,2)17-22(26(18)30)16-21-10-8-19(9-11-21)6-7-20-12-14-23(28)15-13-20/h8-16,25,29H,3-5,17H2,1-2H3/b22-16-/t25-,27-/m0/s1. The van der Waals surface area contributed by atoms with Crippen LogP contribution in [-0.4, -0.2) is 17.0 Å². The molecular weight excluding hydrogens is 392 g/mol. The van der Waals surface area contributed by atoms with Gasteiger partial charge in [0.15, 0.2) is 5.78 Å². The summed E-state index contributed by atoms with van der Waals surface area (Å²) in [5.41, 5.74) is 5.22. The molecule has 1 fully saturated rings. The second-order valence-corrected chi connectivity index (χ2v) is 8.92. The Balaban J connectivity index is 1.57. The van der Waals surface area contributed by atoms with Crippen molar-refractivity contribution < 1.29 is 9.90 Å². The molecule has 2 aromatic carbocycles. The van der Waals surface area contributed by atoms with E-state index in [2.05, 4.69) is 18.8 Å². The number of ketones is 1. The number of carbonyl (C=O) groups excluding carboxylic acids is 1. The molecule has 4 rings (SSSR count). The van der Waals surface area contributed by atoms with Gasteiger partial charge in [-0.3, -0.25) is 4.79 Å². The molecule has 0 radical (unpaired) electrons. The topological polar surface area (TPSA) is 37.3 Å². The number of hydrogen-bond acceptors (Lipinski definition) is 2. The predicted octanol–water partition coefficient (Wildman–Crippen LogP) is 5.96. The first-order valence-electron chi connectivity index (χ1n) is 10.4. The first-order valence-corrected chi connectivity index (χ1v) is 10.8. The number of benzene rings is 2. The van der Waals surface area contributed by atoms with Gasteiger partial charge in [0.2, 0.25) is 0 Å². The van der Waals surface area contributed by atoms with Crippen molar-refractivity contribution in [3.63, 3.8) is 0 Å². The van der Waals surface area contributed by atoms with Crippen molar-refractivity contribution in [2.45, 2.75) is 45.6 Å². The molecule has 2 aromatic rings. The molecule has 2 atom stereocenters. The Kier molecular flexibility index (Phi) is 5.69. The van der Waals surface area contributed by atoms with E-state index in [1.165, 1.54) is 0 Å². The summed E-state index contributed by atoms with van der Waals surface area (Å²) in [5.74, 6) is 6.40. The molecular formula is C27H25ClO2. The number of carbonyl (C=O) groups is 1. The first kappa shape index (κ1) is 20.7. The summed E-state index contributed by atoms with van der Waals surface area (Å²) in [6, 6.07) is 15.4. The minimum Gasteiger partial charge on any atom is -0.392 e. The fraction of sp³-hybridized carbons (Fsp3) is 0.296. The Labute approximate surface area is 183 Å². The summed E-state index contributed by atoms with van der Waals surface area (Å²) in [6.45, 7) is 4.02. The highest BCUT2D eigenvalue weighted by Gasteiger charge is 2.45. The van der Waals surface area contributed by atoms with Crippen LogP contribution in [0.15, 0.2) is 65.3 Å².